The molecule has 0 atom stereocenters. The van der Waals surface area contributed by atoms with Gasteiger partial charge >= 0.3 is 5.97 Å². The van der Waals surface area contributed by atoms with Crippen LogP contribution in [-0.4, -0.2) is 33.9 Å². The predicted octanol–water partition coefficient (Wildman–Crippen LogP) is 2.33. The maximum Gasteiger partial charge on any atom is 0.303 e. The Hall–Kier alpha value is -2.83. The molecule has 0 radical (unpaired) electrons. The average Bonchev–Trinajstić information content (AvgIpc) is 3.00. The number of carbonyl (C=O) groups excluding carboxylic acids is 1. The minimum Gasteiger partial charge on any atom is -0.497 e. The normalized spacial score (nSPS) is 10.4. The van der Waals surface area contributed by atoms with Crippen LogP contribution in [-0.2, 0) is 22.6 Å². The van der Waals surface area contributed by atoms with E-state index >= 15 is 0 Å². The van der Waals surface area contributed by atoms with Gasteiger partial charge in [0.15, 0.2) is 0 Å². The number of rotatable bonds is 9. The minimum absolute atomic E-state index is 0.0871. The molecule has 1 aromatic carbocycles. The summed E-state index contributed by atoms with van der Waals surface area (Å²) in [6, 6.07) is 7.61. The number of methoxy groups -OCH3 is 1. The number of ether oxygens (including phenoxy) is 1. The highest BCUT2D eigenvalue weighted by molar-refractivity contribution is 5.90. The number of aliphatic carboxylic acids is 1. The van der Waals surface area contributed by atoms with Crippen LogP contribution >= 0.6 is 0 Å². The fourth-order valence-corrected chi connectivity index (χ4v) is 2.22. The van der Waals surface area contributed by atoms with Gasteiger partial charge in [0.1, 0.15) is 5.75 Å². The maximum absolute atomic E-state index is 12.0. The number of carboxylic acids is 1. The molecule has 0 aliphatic carbocycles. The highest BCUT2D eigenvalue weighted by Crippen LogP contribution is 2.13. The molecule has 0 aliphatic heterocycles. The fraction of sp³-hybridized carbons (Fsp3) is 0.353. The first-order valence-corrected chi connectivity index (χ1v) is 7.74. The van der Waals surface area contributed by atoms with Crippen LogP contribution < -0.4 is 10.1 Å². The molecule has 128 valence electrons. The molecular formula is C17H21N3O4. The molecule has 0 saturated carbocycles. The van der Waals surface area contributed by atoms with E-state index in [0.717, 1.165) is 11.3 Å². The Morgan fingerprint density at radius 1 is 1.25 bits per heavy atom. The summed E-state index contributed by atoms with van der Waals surface area (Å²) in [4.78, 5) is 22.4. The number of anilines is 1. The summed E-state index contributed by atoms with van der Waals surface area (Å²) in [7, 11) is 1.62. The summed E-state index contributed by atoms with van der Waals surface area (Å²) in [5.74, 6) is -0.122. The molecule has 2 aromatic rings. The minimum atomic E-state index is -0.825. The van der Waals surface area contributed by atoms with Gasteiger partial charge < -0.3 is 15.2 Å². The Bertz CT molecular complexity index is 679. The van der Waals surface area contributed by atoms with Crippen LogP contribution in [0.3, 0.4) is 0 Å². The number of hydrogen-bond acceptors (Lipinski definition) is 4. The van der Waals surface area contributed by atoms with Crippen LogP contribution in [0.4, 0.5) is 5.69 Å². The summed E-state index contributed by atoms with van der Waals surface area (Å²) < 4.78 is 6.72. The number of nitrogens with zero attached hydrogens (tertiary/aromatic N) is 2. The molecule has 1 heterocycles. The van der Waals surface area contributed by atoms with E-state index in [0.29, 0.717) is 31.5 Å². The van der Waals surface area contributed by atoms with E-state index < -0.39 is 5.97 Å². The maximum atomic E-state index is 12.0. The van der Waals surface area contributed by atoms with E-state index in [1.807, 2.05) is 24.3 Å². The van der Waals surface area contributed by atoms with Gasteiger partial charge in [0.25, 0.3) is 0 Å². The number of amides is 1. The summed E-state index contributed by atoms with van der Waals surface area (Å²) in [6.45, 7) is 0.508. The van der Waals surface area contributed by atoms with Crippen molar-refractivity contribution in [1.82, 2.24) is 9.78 Å². The van der Waals surface area contributed by atoms with Crippen molar-refractivity contribution in [3.8, 4) is 5.75 Å². The lowest BCUT2D eigenvalue weighted by Crippen LogP contribution is -2.11. The smallest absolute Gasteiger partial charge is 0.303 e. The van der Waals surface area contributed by atoms with Gasteiger partial charge in [0.05, 0.1) is 19.0 Å². The van der Waals surface area contributed by atoms with Gasteiger partial charge in [-0.1, -0.05) is 12.1 Å². The molecule has 1 amide bonds. The molecule has 0 fully saturated rings. The van der Waals surface area contributed by atoms with E-state index in [-0.39, 0.29) is 12.3 Å². The number of carbonyl (C=O) groups is 2. The lowest BCUT2D eigenvalue weighted by atomic mass is 10.1. The number of aromatic nitrogens is 2. The zero-order chi connectivity index (χ0) is 17.4. The highest BCUT2D eigenvalue weighted by Gasteiger charge is 2.06. The molecule has 1 aromatic heterocycles. The van der Waals surface area contributed by atoms with E-state index in [9.17, 15) is 9.59 Å². The predicted molar refractivity (Wildman–Crippen MR) is 89.0 cm³/mol. The van der Waals surface area contributed by atoms with Crippen LogP contribution in [0.1, 0.15) is 24.8 Å². The standard InChI is InChI=1S/C17H21N3O4/c1-24-15-7-4-13(5-8-15)6-9-16(21)19-14-11-18-20(12-14)10-2-3-17(22)23/h4-5,7-8,11-12H,2-3,6,9-10H2,1H3,(H,19,21)(H,22,23). The van der Waals surface area contributed by atoms with Gasteiger partial charge in [-0.3, -0.25) is 14.3 Å². The van der Waals surface area contributed by atoms with Crippen molar-refractivity contribution in [2.75, 3.05) is 12.4 Å². The molecule has 0 saturated heterocycles. The van der Waals surface area contributed by atoms with E-state index in [4.69, 9.17) is 9.84 Å². The first-order valence-electron chi connectivity index (χ1n) is 7.74. The number of nitrogens with one attached hydrogen (secondary N) is 1. The Labute approximate surface area is 140 Å². The molecule has 0 spiro atoms. The van der Waals surface area contributed by atoms with Gasteiger partial charge in [0.2, 0.25) is 5.91 Å². The molecule has 0 unspecified atom stereocenters. The zero-order valence-electron chi connectivity index (χ0n) is 13.6. The second kappa shape index (κ2) is 8.71. The average molecular weight is 331 g/mol. The molecule has 24 heavy (non-hydrogen) atoms. The Morgan fingerprint density at radius 2 is 2.00 bits per heavy atom. The number of benzene rings is 1. The molecule has 7 nitrogen and oxygen atoms in total. The summed E-state index contributed by atoms with van der Waals surface area (Å²) in [6.07, 6.45) is 4.88. The molecule has 2 rings (SSSR count). The van der Waals surface area contributed by atoms with Gasteiger partial charge in [-0.15, -0.1) is 0 Å². The second-order valence-electron chi connectivity index (χ2n) is 5.39. The third-order valence-electron chi connectivity index (χ3n) is 3.49. The van der Waals surface area contributed by atoms with E-state index in [2.05, 4.69) is 10.4 Å². The summed E-state index contributed by atoms with van der Waals surface area (Å²) >= 11 is 0. The first kappa shape index (κ1) is 17.5. The lowest BCUT2D eigenvalue weighted by Gasteiger charge is -2.04. The van der Waals surface area contributed by atoms with Gasteiger partial charge in [-0.2, -0.15) is 5.10 Å². The van der Waals surface area contributed by atoms with Crippen molar-refractivity contribution in [2.24, 2.45) is 0 Å². The van der Waals surface area contributed by atoms with Crippen molar-refractivity contribution >= 4 is 17.6 Å². The summed E-state index contributed by atoms with van der Waals surface area (Å²) in [5.41, 5.74) is 1.68. The monoisotopic (exact) mass is 331 g/mol. The SMILES string of the molecule is COc1ccc(CCC(=O)Nc2cnn(CCCC(=O)O)c2)cc1. The van der Waals surface area contributed by atoms with Crippen LogP contribution in [0.2, 0.25) is 0 Å². The zero-order valence-corrected chi connectivity index (χ0v) is 13.6. The lowest BCUT2D eigenvalue weighted by molar-refractivity contribution is -0.137. The van der Waals surface area contributed by atoms with Crippen LogP contribution in [0.15, 0.2) is 36.7 Å². The topological polar surface area (TPSA) is 93.5 Å². The van der Waals surface area contributed by atoms with Crippen LogP contribution in [0, 0.1) is 0 Å². The molecular weight excluding hydrogens is 310 g/mol. The number of carboxylic acid groups (broad SMARTS) is 1. The third kappa shape index (κ3) is 5.75. The quantitative estimate of drug-likeness (QED) is 0.735. The molecule has 2 N–H and O–H groups in total. The van der Waals surface area contributed by atoms with Gasteiger partial charge in [-0.25, -0.2) is 0 Å². The van der Waals surface area contributed by atoms with E-state index in [1.165, 1.54) is 0 Å². The Morgan fingerprint density at radius 3 is 2.67 bits per heavy atom. The number of aryl methyl sites for hydroxylation is 2. The fourth-order valence-electron chi connectivity index (χ4n) is 2.22. The van der Waals surface area contributed by atoms with Crippen molar-refractivity contribution in [1.29, 1.82) is 0 Å². The van der Waals surface area contributed by atoms with Crippen LogP contribution in [0.25, 0.3) is 0 Å². The molecule has 0 aliphatic rings. The molecule has 7 heteroatoms. The van der Waals surface area contributed by atoms with Gasteiger partial charge in [0, 0.05) is 25.6 Å². The Balaban J connectivity index is 1.75. The Kier molecular flexibility index (Phi) is 6.36. The third-order valence-corrected chi connectivity index (χ3v) is 3.49. The first-order chi connectivity index (χ1) is 11.6. The largest absolute Gasteiger partial charge is 0.497 e. The van der Waals surface area contributed by atoms with Gasteiger partial charge in [-0.05, 0) is 30.5 Å². The summed E-state index contributed by atoms with van der Waals surface area (Å²) in [5, 5.41) is 15.5. The van der Waals surface area contributed by atoms with Crippen molar-refractivity contribution in [2.45, 2.75) is 32.2 Å². The van der Waals surface area contributed by atoms with E-state index in [1.54, 1.807) is 24.2 Å². The van der Waals surface area contributed by atoms with Crippen molar-refractivity contribution in [3.05, 3.63) is 42.2 Å². The highest BCUT2D eigenvalue weighted by atomic mass is 16.5. The van der Waals surface area contributed by atoms with Crippen molar-refractivity contribution < 1.29 is 19.4 Å². The number of hydrogen-bond donors (Lipinski definition) is 2. The molecule has 0 bridgehead atoms. The van der Waals surface area contributed by atoms with Crippen molar-refractivity contribution in [3.63, 3.8) is 0 Å². The second-order valence-corrected chi connectivity index (χ2v) is 5.39. The van der Waals surface area contributed by atoms with Crippen LogP contribution in [0.5, 0.6) is 5.75 Å².